The first-order chi connectivity index (χ1) is 7.66. The number of hydrogen-bond donors (Lipinski definition) is 2. The molecule has 5 heteroatoms. The zero-order chi connectivity index (χ0) is 11.5. The van der Waals surface area contributed by atoms with E-state index in [0.717, 1.165) is 5.56 Å². The summed E-state index contributed by atoms with van der Waals surface area (Å²) in [6.45, 7) is 1.99. The highest BCUT2D eigenvalue weighted by Crippen LogP contribution is 2.22. The maximum atomic E-state index is 10.6. The number of aromatic carboxylic acids is 1. The highest BCUT2D eigenvalue weighted by Gasteiger charge is 2.11. The molecule has 1 unspecified atom stereocenters. The minimum absolute atomic E-state index is 0.0555. The average molecular weight is 237 g/mol. The maximum absolute atomic E-state index is 10.6. The topological polar surface area (TPSA) is 62.5 Å². The van der Waals surface area contributed by atoms with Gasteiger partial charge in [-0.25, -0.2) is 4.79 Å². The van der Waals surface area contributed by atoms with Crippen LogP contribution in [0.3, 0.4) is 0 Å². The highest BCUT2D eigenvalue weighted by molar-refractivity contribution is 7.07. The number of furan rings is 1. The van der Waals surface area contributed by atoms with Crippen LogP contribution in [-0.2, 0) is 0 Å². The molecule has 1 atom stereocenters. The van der Waals surface area contributed by atoms with Crippen molar-refractivity contribution in [1.82, 2.24) is 0 Å². The van der Waals surface area contributed by atoms with Crippen molar-refractivity contribution < 1.29 is 14.3 Å². The molecular formula is C11H11NO3S. The van der Waals surface area contributed by atoms with Crippen LogP contribution in [-0.4, -0.2) is 11.1 Å². The normalized spacial score (nSPS) is 12.3. The Kier molecular flexibility index (Phi) is 2.96. The quantitative estimate of drug-likeness (QED) is 0.857. The van der Waals surface area contributed by atoms with Crippen molar-refractivity contribution in [2.24, 2.45) is 0 Å². The molecule has 0 spiro atoms. The third kappa shape index (κ3) is 2.25. The van der Waals surface area contributed by atoms with Gasteiger partial charge in [0.15, 0.2) is 5.88 Å². The van der Waals surface area contributed by atoms with E-state index < -0.39 is 5.97 Å². The van der Waals surface area contributed by atoms with Gasteiger partial charge in [0, 0.05) is 6.07 Å². The van der Waals surface area contributed by atoms with Crippen molar-refractivity contribution >= 4 is 23.2 Å². The lowest BCUT2D eigenvalue weighted by Gasteiger charge is -2.10. The number of thiophene rings is 1. The lowest BCUT2D eigenvalue weighted by Crippen LogP contribution is -2.04. The number of hydrogen-bond acceptors (Lipinski definition) is 4. The Morgan fingerprint density at radius 2 is 2.31 bits per heavy atom. The molecule has 0 aliphatic heterocycles. The molecule has 4 nitrogen and oxygen atoms in total. The summed E-state index contributed by atoms with van der Waals surface area (Å²) in [5, 5.41) is 15.8. The van der Waals surface area contributed by atoms with Crippen LogP contribution in [0.2, 0.25) is 0 Å². The Labute approximate surface area is 96.5 Å². The van der Waals surface area contributed by atoms with E-state index in [1.165, 1.54) is 6.07 Å². The van der Waals surface area contributed by atoms with Crippen molar-refractivity contribution in [2.45, 2.75) is 13.0 Å². The standard InChI is InChI=1S/C11H11NO3S/c1-7(8-4-5-16-6-8)12-10-3-2-9(15-10)11(13)14/h2-7,12H,1H3,(H,13,14). The van der Waals surface area contributed by atoms with Crippen LogP contribution in [0.5, 0.6) is 0 Å². The van der Waals surface area contributed by atoms with Crippen LogP contribution in [0, 0.1) is 0 Å². The fourth-order valence-corrected chi connectivity index (χ4v) is 2.10. The number of carbonyl (C=O) groups is 1. The van der Waals surface area contributed by atoms with Crippen molar-refractivity contribution in [3.8, 4) is 0 Å². The molecule has 0 saturated heterocycles. The molecule has 2 N–H and O–H groups in total. The first-order valence-corrected chi connectivity index (χ1v) is 5.73. The molecule has 0 aliphatic carbocycles. The van der Waals surface area contributed by atoms with Crippen molar-refractivity contribution in [3.05, 3.63) is 40.3 Å². The third-order valence-corrected chi connectivity index (χ3v) is 2.92. The van der Waals surface area contributed by atoms with E-state index in [-0.39, 0.29) is 11.8 Å². The van der Waals surface area contributed by atoms with Gasteiger partial charge in [0.2, 0.25) is 5.76 Å². The molecule has 84 valence electrons. The van der Waals surface area contributed by atoms with Gasteiger partial charge in [0.25, 0.3) is 0 Å². The van der Waals surface area contributed by atoms with Crippen molar-refractivity contribution in [3.63, 3.8) is 0 Å². The van der Waals surface area contributed by atoms with E-state index in [4.69, 9.17) is 9.52 Å². The fourth-order valence-electron chi connectivity index (χ4n) is 1.35. The van der Waals surface area contributed by atoms with E-state index in [1.54, 1.807) is 17.4 Å². The summed E-state index contributed by atoms with van der Waals surface area (Å²) < 4.78 is 5.11. The zero-order valence-electron chi connectivity index (χ0n) is 8.64. The predicted octanol–water partition coefficient (Wildman–Crippen LogP) is 3.21. The second kappa shape index (κ2) is 4.40. The van der Waals surface area contributed by atoms with Gasteiger partial charge < -0.3 is 14.8 Å². The molecule has 0 fully saturated rings. The minimum Gasteiger partial charge on any atom is -0.475 e. The molecule has 0 amide bonds. The van der Waals surface area contributed by atoms with Crippen LogP contribution in [0.1, 0.15) is 29.1 Å². The monoisotopic (exact) mass is 237 g/mol. The smallest absolute Gasteiger partial charge is 0.371 e. The molecule has 16 heavy (non-hydrogen) atoms. The lowest BCUT2D eigenvalue weighted by atomic mass is 10.2. The Bertz CT molecular complexity index is 475. The molecule has 2 rings (SSSR count). The summed E-state index contributed by atoms with van der Waals surface area (Å²) >= 11 is 1.62. The van der Waals surface area contributed by atoms with E-state index in [2.05, 4.69) is 5.32 Å². The third-order valence-electron chi connectivity index (χ3n) is 2.22. The molecular weight excluding hydrogens is 226 g/mol. The number of rotatable bonds is 4. The van der Waals surface area contributed by atoms with Crippen LogP contribution >= 0.6 is 11.3 Å². The zero-order valence-corrected chi connectivity index (χ0v) is 9.45. The lowest BCUT2D eigenvalue weighted by molar-refractivity contribution is 0.0663. The molecule has 2 aromatic rings. The molecule has 2 heterocycles. The minimum atomic E-state index is -1.06. The predicted molar refractivity (Wildman–Crippen MR) is 62.0 cm³/mol. The van der Waals surface area contributed by atoms with E-state index in [1.807, 2.05) is 23.8 Å². The first kappa shape index (κ1) is 10.8. The number of carboxylic acids is 1. The summed E-state index contributed by atoms with van der Waals surface area (Å²) in [6.07, 6.45) is 0. The largest absolute Gasteiger partial charge is 0.475 e. The second-order valence-electron chi connectivity index (χ2n) is 3.39. The van der Waals surface area contributed by atoms with Crippen molar-refractivity contribution in [1.29, 1.82) is 0 Å². The number of carboxylic acid groups (broad SMARTS) is 1. The average Bonchev–Trinajstić information content (AvgIpc) is 2.87. The van der Waals surface area contributed by atoms with Crippen molar-refractivity contribution in [2.75, 3.05) is 5.32 Å². The van der Waals surface area contributed by atoms with Gasteiger partial charge in [-0.1, -0.05) is 0 Å². The van der Waals surface area contributed by atoms with Gasteiger partial charge in [-0.05, 0) is 35.4 Å². The molecule has 0 aliphatic rings. The first-order valence-electron chi connectivity index (χ1n) is 4.78. The van der Waals surface area contributed by atoms with Gasteiger partial charge in [-0.15, -0.1) is 0 Å². The summed E-state index contributed by atoms with van der Waals surface area (Å²) in [6, 6.07) is 5.17. The van der Waals surface area contributed by atoms with Gasteiger partial charge in [0.05, 0.1) is 6.04 Å². The van der Waals surface area contributed by atoms with Gasteiger partial charge in [0.1, 0.15) is 0 Å². The number of nitrogens with one attached hydrogen (secondary N) is 1. The highest BCUT2D eigenvalue weighted by atomic mass is 32.1. The van der Waals surface area contributed by atoms with Gasteiger partial charge in [-0.2, -0.15) is 11.3 Å². The Morgan fingerprint density at radius 3 is 2.88 bits per heavy atom. The van der Waals surface area contributed by atoms with Gasteiger partial charge >= 0.3 is 5.97 Å². The van der Waals surface area contributed by atoms with E-state index >= 15 is 0 Å². The van der Waals surface area contributed by atoms with Crippen LogP contribution < -0.4 is 5.32 Å². The SMILES string of the molecule is CC(Nc1ccc(C(=O)O)o1)c1ccsc1. The Morgan fingerprint density at radius 1 is 1.50 bits per heavy atom. The summed E-state index contributed by atoms with van der Waals surface area (Å²) in [7, 11) is 0. The molecule has 2 aromatic heterocycles. The second-order valence-corrected chi connectivity index (χ2v) is 4.17. The summed E-state index contributed by atoms with van der Waals surface area (Å²) in [4.78, 5) is 10.6. The Balaban J connectivity index is 2.06. The van der Waals surface area contributed by atoms with E-state index in [0.29, 0.717) is 5.88 Å². The summed E-state index contributed by atoms with van der Waals surface area (Å²) in [5.41, 5.74) is 1.15. The maximum Gasteiger partial charge on any atom is 0.371 e. The molecule has 0 saturated carbocycles. The van der Waals surface area contributed by atoms with Crippen LogP contribution in [0.15, 0.2) is 33.4 Å². The van der Waals surface area contributed by atoms with Crippen LogP contribution in [0.4, 0.5) is 5.88 Å². The van der Waals surface area contributed by atoms with E-state index in [9.17, 15) is 4.79 Å². The van der Waals surface area contributed by atoms with Gasteiger partial charge in [-0.3, -0.25) is 0 Å². The summed E-state index contributed by atoms with van der Waals surface area (Å²) in [5.74, 6) is -0.646. The Hall–Kier alpha value is -1.75. The molecule has 0 bridgehead atoms. The number of anilines is 1. The molecule has 0 radical (unpaired) electrons. The molecule has 0 aromatic carbocycles. The fraction of sp³-hybridized carbons (Fsp3) is 0.182. The van der Waals surface area contributed by atoms with Crippen LogP contribution in [0.25, 0.3) is 0 Å².